The Hall–Kier alpha value is -2.97. The van der Waals surface area contributed by atoms with E-state index in [4.69, 9.17) is 4.42 Å². The molecule has 3 heterocycles. The highest BCUT2D eigenvalue weighted by atomic mass is 32.2. The fraction of sp³-hybridized carbons (Fsp3) is 0.360. The Morgan fingerprint density at radius 1 is 1.06 bits per heavy atom. The lowest BCUT2D eigenvalue weighted by atomic mass is 10.1. The first-order valence-corrected chi connectivity index (χ1v) is 12.7. The quantitative estimate of drug-likeness (QED) is 0.496. The molecule has 1 saturated heterocycles. The van der Waals surface area contributed by atoms with Crippen LogP contribution in [-0.4, -0.2) is 41.6 Å². The summed E-state index contributed by atoms with van der Waals surface area (Å²) in [5.41, 5.74) is 3.09. The summed E-state index contributed by atoms with van der Waals surface area (Å²) in [6.45, 7) is 5.38. The molecule has 4 rings (SSSR count). The van der Waals surface area contributed by atoms with Crippen LogP contribution in [0.25, 0.3) is 0 Å². The Balaban J connectivity index is 1.62. The van der Waals surface area contributed by atoms with Crippen LogP contribution in [0.5, 0.6) is 0 Å². The molecule has 0 spiro atoms. The largest absolute Gasteiger partial charge is 0.455 e. The number of amides is 1. The molecule has 0 atom stereocenters. The van der Waals surface area contributed by atoms with E-state index in [2.05, 4.69) is 24.0 Å². The van der Waals surface area contributed by atoms with E-state index >= 15 is 0 Å². The topological polar surface area (TPSA) is 83.7 Å². The summed E-state index contributed by atoms with van der Waals surface area (Å²) in [4.78, 5) is 19.4. The zero-order chi connectivity index (χ0) is 23.4. The van der Waals surface area contributed by atoms with Gasteiger partial charge in [0.1, 0.15) is 10.7 Å². The van der Waals surface area contributed by atoms with Crippen LogP contribution in [0, 0.1) is 6.92 Å². The first-order chi connectivity index (χ1) is 15.9. The third kappa shape index (κ3) is 5.17. The van der Waals surface area contributed by atoms with Crippen molar-refractivity contribution in [2.75, 3.05) is 13.1 Å². The Labute approximate surface area is 195 Å². The van der Waals surface area contributed by atoms with E-state index < -0.39 is 10.0 Å². The molecule has 0 N–H and O–H groups in total. The number of aromatic nitrogens is 1. The molecule has 174 valence electrons. The summed E-state index contributed by atoms with van der Waals surface area (Å²) in [6, 6.07) is 13.2. The molecule has 0 aliphatic carbocycles. The van der Waals surface area contributed by atoms with Gasteiger partial charge in [-0.25, -0.2) is 8.42 Å². The minimum atomic E-state index is -3.67. The van der Waals surface area contributed by atoms with Crippen LogP contribution in [0.3, 0.4) is 0 Å². The molecular formula is C25H29N3O4S. The smallest absolute Gasteiger partial charge is 0.290 e. The average molecular weight is 468 g/mol. The third-order valence-corrected chi connectivity index (χ3v) is 7.96. The lowest BCUT2D eigenvalue weighted by Gasteiger charge is -2.22. The van der Waals surface area contributed by atoms with Gasteiger partial charge >= 0.3 is 0 Å². The average Bonchev–Trinajstić information content (AvgIpc) is 3.50. The molecular weight excluding hydrogens is 438 g/mol. The van der Waals surface area contributed by atoms with Gasteiger partial charge in [0.15, 0.2) is 5.76 Å². The third-order valence-electron chi connectivity index (χ3n) is 5.95. The van der Waals surface area contributed by atoms with E-state index in [9.17, 15) is 13.2 Å². The number of aryl methyl sites for hydroxylation is 2. The normalized spacial score (nSPS) is 14.5. The van der Waals surface area contributed by atoms with Crippen LogP contribution in [-0.2, 0) is 29.5 Å². The molecule has 1 fully saturated rings. The highest BCUT2D eigenvalue weighted by molar-refractivity contribution is 7.89. The first kappa shape index (κ1) is 23.2. The minimum absolute atomic E-state index is 0.0272. The second kappa shape index (κ2) is 9.89. The number of furan rings is 1. The lowest BCUT2D eigenvalue weighted by molar-refractivity contribution is 0.0696. The fourth-order valence-electron chi connectivity index (χ4n) is 4.06. The van der Waals surface area contributed by atoms with Crippen molar-refractivity contribution in [3.05, 3.63) is 83.1 Å². The Bertz CT molecular complexity index is 1200. The van der Waals surface area contributed by atoms with Crippen molar-refractivity contribution < 1.29 is 17.6 Å². The fourth-order valence-corrected chi connectivity index (χ4v) is 5.74. The lowest BCUT2D eigenvalue weighted by Crippen LogP contribution is -2.30. The summed E-state index contributed by atoms with van der Waals surface area (Å²) in [7, 11) is -3.67. The molecule has 1 aromatic carbocycles. The van der Waals surface area contributed by atoms with Crippen LogP contribution in [0.2, 0.25) is 0 Å². The molecule has 3 aromatic rings. The van der Waals surface area contributed by atoms with Crippen LogP contribution in [0.1, 0.15) is 52.8 Å². The van der Waals surface area contributed by atoms with Gasteiger partial charge in [0.05, 0.1) is 0 Å². The highest BCUT2D eigenvalue weighted by Crippen LogP contribution is 2.27. The number of benzene rings is 1. The summed E-state index contributed by atoms with van der Waals surface area (Å²) >= 11 is 0. The number of hydrogen-bond donors (Lipinski definition) is 0. The standard InChI is InChI=1S/C25H29N3O4S/c1-3-20-8-10-21(11-9-20)17-27(18-22-7-6-12-26-16-22)25(29)23-15-24(19(2)32-23)33(30,31)28-13-4-5-14-28/h6-12,15-16H,3-5,13-14,17-18H2,1-2H3. The van der Waals surface area contributed by atoms with Gasteiger partial charge in [-0.2, -0.15) is 4.31 Å². The number of carbonyl (C=O) groups is 1. The zero-order valence-corrected chi connectivity index (χ0v) is 19.8. The van der Waals surface area contributed by atoms with Gasteiger partial charge in [0, 0.05) is 44.6 Å². The first-order valence-electron chi connectivity index (χ1n) is 11.2. The summed E-state index contributed by atoms with van der Waals surface area (Å²) in [5, 5.41) is 0. The van der Waals surface area contributed by atoms with Crippen LogP contribution < -0.4 is 0 Å². The molecule has 0 saturated carbocycles. The van der Waals surface area contributed by atoms with Gasteiger partial charge in [0.2, 0.25) is 10.0 Å². The summed E-state index contributed by atoms with van der Waals surface area (Å²) < 4.78 is 33.2. The predicted molar refractivity (Wildman–Crippen MR) is 125 cm³/mol. The summed E-state index contributed by atoms with van der Waals surface area (Å²) in [5.74, 6) is -0.0948. The van der Waals surface area contributed by atoms with E-state index in [1.807, 2.05) is 24.3 Å². The van der Waals surface area contributed by atoms with Crippen LogP contribution in [0.4, 0.5) is 0 Å². The predicted octanol–water partition coefficient (Wildman–Crippen LogP) is 4.17. The van der Waals surface area contributed by atoms with E-state index in [1.165, 1.54) is 15.9 Å². The molecule has 8 heteroatoms. The van der Waals surface area contributed by atoms with Crippen molar-refractivity contribution >= 4 is 15.9 Å². The van der Waals surface area contributed by atoms with Gasteiger partial charge in [-0.15, -0.1) is 0 Å². The number of hydrogen-bond acceptors (Lipinski definition) is 5. The number of sulfonamides is 1. The molecule has 1 aliphatic heterocycles. The van der Waals surface area contributed by atoms with Crippen molar-refractivity contribution in [3.8, 4) is 0 Å². The van der Waals surface area contributed by atoms with E-state index in [-0.39, 0.29) is 22.3 Å². The number of carbonyl (C=O) groups excluding carboxylic acids is 1. The molecule has 1 aliphatic rings. The highest BCUT2D eigenvalue weighted by Gasteiger charge is 2.32. The second-order valence-electron chi connectivity index (χ2n) is 8.33. The monoisotopic (exact) mass is 467 g/mol. The van der Waals surface area contributed by atoms with Gasteiger partial charge in [-0.1, -0.05) is 37.3 Å². The molecule has 1 amide bonds. The molecule has 0 radical (unpaired) electrons. The van der Waals surface area contributed by atoms with Crippen LogP contribution in [0.15, 0.2) is 64.2 Å². The van der Waals surface area contributed by atoms with Gasteiger partial charge in [-0.05, 0) is 48.9 Å². The Kier molecular flexibility index (Phi) is 6.95. The Morgan fingerprint density at radius 2 is 1.73 bits per heavy atom. The van der Waals surface area contributed by atoms with E-state index in [0.717, 1.165) is 30.4 Å². The number of pyridine rings is 1. The molecule has 2 aromatic heterocycles. The maximum Gasteiger partial charge on any atom is 0.290 e. The summed E-state index contributed by atoms with van der Waals surface area (Å²) in [6.07, 6.45) is 6.04. The molecule has 0 unspecified atom stereocenters. The van der Waals surface area contributed by atoms with Gasteiger partial charge < -0.3 is 9.32 Å². The zero-order valence-electron chi connectivity index (χ0n) is 19.0. The van der Waals surface area contributed by atoms with Crippen molar-refractivity contribution in [3.63, 3.8) is 0 Å². The van der Waals surface area contributed by atoms with Crippen LogP contribution >= 0.6 is 0 Å². The van der Waals surface area contributed by atoms with E-state index in [0.29, 0.717) is 26.2 Å². The van der Waals surface area contributed by atoms with Crippen molar-refractivity contribution in [2.24, 2.45) is 0 Å². The SMILES string of the molecule is CCc1ccc(CN(Cc2cccnc2)C(=O)c2cc(S(=O)(=O)N3CCCC3)c(C)o2)cc1. The van der Waals surface area contributed by atoms with Crippen molar-refractivity contribution in [2.45, 2.75) is 51.1 Å². The Morgan fingerprint density at radius 3 is 2.36 bits per heavy atom. The number of rotatable bonds is 8. The molecule has 0 bridgehead atoms. The maximum atomic E-state index is 13.5. The second-order valence-corrected chi connectivity index (χ2v) is 10.2. The maximum absolute atomic E-state index is 13.5. The number of nitrogens with zero attached hydrogens (tertiary/aromatic N) is 3. The van der Waals surface area contributed by atoms with Gasteiger partial charge in [-0.3, -0.25) is 9.78 Å². The van der Waals surface area contributed by atoms with Gasteiger partial charge in [0.25, 0.3) is 5.91 Å². The van der Waals surface area contributed by atoms with E-state index in [1.54, 1.807) is 24.2 Å². The molecule has 33 heavy (non-hydrogen) atoms. The minimum Gasteiger partial charge on any atom is -0.455 e. The van der Waals surface area contributed by atoms with Crippen molar-refractivity contribution in [1.82, 2.24) is 14.2 Å². The molecule has 7 nitrogen and oxygen atoms in total. The van der Waals surface area contributed by atoms with Crippen molar-refractivity contribution in [1.29, 1.82) is 0 Å².